The zero-order valence-electron chi connectivity index (χ0n) is 18.3. The number of nitrogens with zero attached hydrogens (tertiary/aromatic N) is 3. The lowest BCUT2D eigenvalue weighted by Gasteiger charge is -2.37. The van der Waals surface area contributed by atoms with Crippen LogP contribution in [0.15, 0.2) is 58.8 Å². The van der Waals surface area contributed by atoms with Crippen LogP contribution in [0.25, 0.3) is 17.0 Å². The van der Waals surface area contributed by atoms with E-state index in [0.717, 1.165) is 41.8 Å². The van der Waals surface area contributed by atoms with Gasteiger partial charge in [0, 0.05) is 17.8 Å². The summed E-state index contributed by atoms with van der Waals surface area (Å²) in [6.07, 6.45) is 2.04. The molecular weight excluding hydrogens is 427 g/mol. The van der Waals surface area contributed by atoms with Gasteiger partial charge in [0.25, 0.3) is 5.89 Å². The molecule has 0 radical (unpaired) electrons. The third-order valence-electron chi connectivity index (χ3n) is 5.52. The lowest BCUT2D eigenvalue weighted by molar-refractivity contribution is 0.395. The molecule has 0 bridgehead atoms. The summed E-state index contributed by atoms with van der Waals surface area (Å²) < 4.78 is 24.6. The van der Waals surface area contributed by atoms with Crippen molar-refractivity contribution in [3.05, 3.63) is 71.5 Å². The van der Waals surface area contributed by atoms with E-state index in [1.54, 1.807) is 19.2 Å². The number of thiocarbonyl (C=S) groups is 1. The highest BCUT2D eigenvalue weighted by Crippen LogP contribution is 2.37. The molecule has 1 atom stereocenters. The number of hydrogen-bond donors (Lipinski definition) is 1. The van der Waals surface area contributed by atoms with Crippen molar-refractivity contribution >= 4 is 22.9 Å². The van der Waals surface area contributed by atoms with E-state index in [2.05, 4.69) is 27.3 Å². The molecule has 1 aromatic heterocycles. The number of unbranched alkanes of at least 4 members (excludes halogenated alkanes) is 1. The molecule has 1 N–H and O–H groups in total. The molecule has 0 fully saturated rings. The van der Waals surface area contributed by atoms with Gasteiger partial charge in [-0.05, 0) is 55.4 Å². The highest BCUT2D eigenvalue weighted by molar-refractivity contribution is 7.80. The first-order valence-electron chi connectivity index (χ1n) is 10.5. The van der Waals surface area contributed by atoms with Crippen molar-refractivity contribution in [2.75, 3.05) is 13.7 Å². The normalized spacial score (nSPS) is 16.3. The number of rotatable bonds is 7. The van der Waals surface area contributed by atoms with Gasteiger partial charge in [0.1, 0.15) is 11.6 Å². The number of methoxy groups -OCH3 is 1. The van der Waals surface area contributed by atoms with Gasteiger partial charge in [-0.25, -0.2) is 4.39 Å². The lowest BCUT2D eigenvalue weighted by atomic mass is 9.94. The van der Waals surface area contributed by atoms with Crippen LogP contribution in [0.4, 0.5) is 4.39 Å². The molecule has 4 rings (SSSR count). The fraction of sp³-hybridized carbons (Fsp3) is 0.292. The van der Waals surface area contributed by atoms with Gasteiger partial charge in [-0.15, -0.1) is 0 Å². The Kier molecular flexibility index (Phi) is 6.50. The van der Waals surface area contributed by atoms with Crippen LogP contribution in [-0.4, -0.2) is 33.8 Å². The van der Waals surface area contributed by atoms with Gasteiger partial charge >= 0.3 is 0 Å². The smallest absolute Gasteiger partial charge is 0.258 e. The molecular formula is C24H25FN4O2S. The van der Waals surface area contributed by atoms with E-state index in [0.29, 0.717) is 22.6 Å². The number of benzene rings is 2. The van der Waals surface area contributed by atoms with Crippen molar-refractivity contribution in [3.63, 3.8) is 0 Å². The monoisotopic (exact) mass is 452 g/mol. The van der Waals surface area contributed by atoms with Crippen LogP contribution in [0.2, 0.25) is 0 Å². The Labute approximate surface area is 192 Å². The highest BCUT2D eigenvalue weighted by atomic mass is 32.1. The third kappa shape index (κ3) is 4.36. The van der Waals surface area contributed by atoms with Gasteiger partial charge in [0.05, 0.1) is 18.7 Å². The second-order valence-corrected chi connectivity index (χ2v) is 7.98. The first-order chi connectivity index (χ1) is 15.5. The zero-order valence-corrected chi connectivity index (χ0v) is 19.1. The minimum Gasteiger partial charge on any atom is -0.497 e. The molecule has 6 nitrogen and oxygen atoms in total. The van der Waals surface area contributed by atoms with Crippen molar-refractivity contribution in [3.8, 4) is 17.1 Å². The van der Waals surface area contributed by atoms with Gasteiger partial charge < -0.3 is 19.5 Å². The van der Waals surface area contributed by atoms with Crippen molar-refractivity contribution in [1.29, 1.82) is 0 Å². The van der Waals surface area contributed by atoms with E-state index in [9.17, 15) is 4.39 Å². The Hall–Kier alpha value is -3.26. The fourth-order valence-electron chi connectivity index (χ4n) is 3.76. The van der Waals surface area contributed by atoms with Gasteiger partial charge in [-0.2, -0.15) is 4.98 Å². The van der Waals surface area contributed by atoms with E-state index < -0.39 is 0 Å². The average molecular weight is 453 g/mol. The second kappa shape index (κ2) is 9.48. The fourth-order valence-corrected chi connectivity index (χ4v) is 4.11. The Bertz CT molecular complexity index is 1140. The predicted octanol–water partition coefficient (Wildman–Crippen LogP) is 5.35. The van der Waals surface area contributed by atoms with Crippen molar-refractivity contribution in [2.45, 2.75) is 32.7 Å². The Balaban J connectivity index is 1.79. The number of hydrogen-bond acceptors (Lipinski definition) is 5. The number of ether oxygens (including phenoxy) is 1. The summed E-state index contributed by atoms with van der Waals surface area (Å²) in [5.41, 5.74) is 3.41. The Morgan fingerprint density at radius 2 is 2.00 bits per heavy atom. The summed E-state index contributed by atoms with van der Waals surface area (Å²) in [6, 6.07) is 13.5. The zero-order chi connectivity index (χ0) is 22.7. The van der Waals surface area contributed by atoms with Crippen molar-refractivity contribution in [2.24, 2.45) is 0 Å². The molecule has 0 saturated carbocycles. The first kappa shape index (κ1) is 22.0. The topological polar surface area (TPSA) is 63.4 Å². The van der Waals surface area contributed by atoms with Crippen LogP contribution in [0.5, 0.6) is 5.75 Å². The summed E-state index contributed by atoms with van der Waals surface area (Å²) in [7, 11) is 1.61. The maximum atomic E-state index is 13.6. The van der Waals surface area contributed by atoms with E-state index in [1.807, 2.05) is 31.2 Å². The molecule has 0 amide bonds. The molecule has 2 aromatic carbocycles. The minimum atomic E-state index is -0.334. The molecule has 0 aliphatic carbocycles. The van der Waals surface area contributed by atoms with Crippen LogP contribution >= 0.6 is 12.2 Å². The molecule has 32 heavy (non-hydrogen) atoms. The summed E-state index contributed by atoms with van der Waals surface area (Å²) in [5.74, 6) is 1.28. The van der Waals surface area contributed by atoms with Gasteiger partial charge in [-0.3, -0.25) is 0 Å². The first-order valence-corrected chi connectivity index (χ1v) is 11.0. The molecule has 2 heterocycles. The maximum Gasteiger partial charge on any atom is 0.258 e. The molecule has 0 spiro atoms. The molecule has 0 saturated heterocycles. The van der Waals surface area contributed by atoms with Gasteiger partial charge in [0.2, 0.25) is 5.82 Å². The standard InChI is InChI=1S/C24H25FN4O2S/c1-4-5-13-29-15(2)20(21(26-24(29)32)16-9-11-18(25)12-10-16)23-27-22(28-31-23)17-7-6-8-19(14-17)30-3/h6-12,14,21H,4-5,13H2,1-3H3,(H,26,32). The van der Waals surface area contributed by atoms with Crippen LogP contribution in [0, 0.1) is 5.82 Å². The quantitative estimate of drug-likeness (QED) is 0.485. The van der Waals surface area contributed by atoms with E-state index in [-0.39, 0.29) is 11.9 Å². The van der Waals surface area contributed by atoms with Crippen LogP contribution in [0.1, 0.15) is 44.2 Å². The molecule has 3 aromatic rings. The van der Waals surface area contributed by atoms with Gasteiger partial charge in [0.15, 0.2) is 5.11 Å². The average Bonchev–Trinajstić information content (AvgIpc) is 3.29. The summed E-state index contributed by atoms with van der Waals surface area (Å²) in [6.45, 7) is 4.93. The number of aromatic nitrogens is 2. The van der Waals surface area contributed by atoms with Crippen LogP contribution < -0.4 is 10.1 Å². The maximum absolute atomic E-state index is 13.6. The number of halogens is 1. The SMILES string of the molecule is CCCCN1C(=S)NC(c2ccc(F)cc2)C(c2nc(-c3cccc(OC)c3)no2)=C1C. The van der Waals surface area contributed by atoms with E-state index >= 15 is 0 Å². The highest BCUT2D eigenvalue weighted by Gasteiger charge is 2.33. The predicted molar refractivity (Wildman–Crippen MR) is 125 cm³/mol. The second-order valence-electron chi connectivity index (χ2n) is 7.59. The van der Waals surface area contributed by atoms with Crippen LogP contribution in [-0.2, 0) is 0 Å². The molecule has 8 heteroatoms. The molecule has 166 valence electrons. The Morgan fingerprint density at radius 1 is 1.22 bits per heavy atom. The summed E-state index contributed by atoms with van der Waals surface area (Å²) in [4.78, 5) is 6.75. The molecule has 1 aliphatic rings. The van der Waals surface area contributed by atoms with Crippen molar-refractivity contribution in [1.82, 2.24) is 20.4 Å². The van der Waals surface area contributed by atoms with E-state index in [4.69, 9.17) is 21.5 Å². The largest absolute Gasteiger partial charge is 0.497 e. The minimum absolute atomic E-state index is 0.294. The van der Waals surface area contributed by atoms with Gasteiger partial charge in [-0.1, -0.05) is 42.8 Å². The molecule has 1 unspecified atom stereocenters. The third-order valence-corrected chi connectivity index (χ3v) is 5.86. The summed E-state index contributed by atoms with van der Waals surface area (Å²) in [5, 5.41) is 8.22. The number of nitrogens with one attached hydrogen (secondary N) is 1. The molecule has 1 aliphatic heterocycles. The lowest BCUT2D eigenvalue weighted by Crippen LogP contribution is -2.46. The summed E-state index contributed by atoms with van der Waals surface area (Å²) >= 11 is 5.66. The van der Waals surface area contributed by atoms with E-state index in [1.165, 1.54) is 12.1 Å². The van der Waals surface area contributed by atoms with Crippen LogP contribution in [0.3, 0.4) is 0 Å². The number of allylic oxidation sites excluding steroid dienone is 1. The Morgan fingerprint density at radius 3 is 2.72 bits per heavy atom. The van der Waals surface area contributed by atoms with Crippen molar-refractivity contribution < 1.29 is 13.7 Å².